The van der Waals surface area contributed by atoms with Crippen LogP contribution in [-0.4, -0.2) is 42.0 Å². The number of nitrogens with zero attached hydrogens (tertiary/aromatic N) is 3. The van der Waals surface area contributed by atoms with E-state index in [1.54, 1.807) is 6.20 Å². The Kier molecular flexibility index (Phi) is 7.83. The van der Waals surface area contributed by atoms with Gasteiger partial charge in [0.25, 0.3) is 0 Å². The Labute approximate surface area is 164 Å². The van der Waals surface area contributed by atoms with Crippen molar-refractivity contribution in [2.75, 3.05) is 31.6 Å². The van der Waals surface area contributed by atoms with Crippen LogP contribution in [-0.2, 0) is 6.54 Å². The molecule has 2 heterocycles. The zero-order chi connectivity index (χ0) is 16.6. The molecule has 136 valence electrons. The fraction of sp³-hybridized carbons (Fsp3) is 0.412. The van der Waals surface area contributed by atoms with Crippen molar-refractivity contribution in [1.82, 2.24) is 15.1 Å². The van der Waals surface area contributed by atoms with Gasteiger partial charge in [0.15, 0.2) is 17.5 Å². The summed E-state index contributed by atoms with van der Waals surface area (Å²) in [6, 6.07) is 7.75. The zero-order valence-corrected chi connectivity index (χ0v) is 16.6. The van der Waals surface area contributed by atoms with Gasteiger partial charge in [-0.25, -0.2) is 0 Å². The fourth-order valence-electron chi connectivity index (χ4n) is 2.38. The van der Waals surface area contributed by atoms with E-state index in [2.05, 4.69) is 20.7 Å². The summed E-state index contributed by atoms with van der Waals surface area (Å²) in [4.78, 5) is 4.58. The molecule has 0 bridgehead atoms. The lowest BCUT2D eigenvalue weighted by Gasteiger charge is -2.13. The molecule has 2 N–H and O–H groups in total. The Hall–Kier alpha value is -1.97. The first-order valence-corrected chi connectivity index (χ1v) is 8.27. The second-order valence-electron chi connectivity index (χ2n) is 5.37. The number of aliphatic imine (C=N–C) groups is 1. The Morgan fingerprint density at radius 2 is 2.12 bits per heavy atom. The molecule has 1 aliphatic rings. The maximum absolute atomic E-state index is 5.72. The minimum atomic E-state index is 0. The summed E-state index contributed by atoms with van der Waals surface area (Å²) in [6.07, 6.45) is 4.60. The Balaban J connectivity index is 0.00000225. The van der Waals surface area contributed by atoms with Gasteiger partial charge in [0.05, 0.1) is 26.3 Å². The molecule has 25 heavy (non-hydrogen) atoms. The zero-order valence-electron chi connectivity index (χ0n) is 14.3. The average Bonchev–Trinajstić information content (AvgIpc) is 2.99. The highest BCUT2D eigenvalue weighted by Gasteiger charge is 2.11. The van der Waals surface area contributed by atoms with Crippen molar-refractivity contribution in [3.63, 3.8) is 0 Å². The van der Waals surface area contributed by atoms with Gasteiger partial charge in [0, 0.05) is 37.1 Å². The van der Waals surface area contributed by atoms with Gasteiger partial charge in [-0.05, 0) is 25.1 Å². The van der Waals surface area contributed by atoms with Gasteiger partial charge in [-0.3, -0.25) is 9.67 Å². The third kappa shape index (κ3) is 5.80. The number of ether oxygens (including phenoxy) is 2. The first-order chi connectivity index (χ1) is 11.8. The van der Waals surface area contributed by atoms with Gasteiger partial charge in [-0.15, -0.1) is 24.0 Å². The summed E-state index contributed by atoms with van der Waals surface area (Å²) in [5, 5.41) is 10.7. The van der Waals surface area contributed by atoms with E-state index in [0.717, 1.165) is 42.7 Å². The van der Waals surface area contributed by atoms with E-state index >= 15 is 0 Å². The van der Waals surface area contributed by atoms with Gasteiger partial charge >= 0.3 is 0 Å². The lowest BCUT2D eigenvalue weighted by molar-refractivity contribution is 0.297. The molecule has 0 aliphatic carbocycles. The summed E-state index contributed by atoms with van der Waals surface area (Å²) >= 11 is 0. The summed E-state index contributed by atoms with van der Waals surface area (Å²) in [7, 11) is 0. The second kappa shape index (κ2) is 10.1. The molecule has 0 spiro atoms. The lowest BCUT2D eigenvalue weighted by Crippen LogP contribution is -2.31. The maximum Gasteiger partial charge on any atom is 0.195 e. The minimum absolute atomic E-state index is 0. The van der Waals surface area contributed by atoms with Crippen molar-refractivity contribution < 1.29 is 9.47 Å². The summed E-state index contributed by atoms with van der Waals surface area (Å²) in [6.45, 7) is 5.58. The predicted octanol–water partition coefficient (Wildman–Crippen LogP) is 2.74. The Morgan fingerprint density at radius 3 is 2.88 bits per heavy atom. The van der Waals surface area contributed by atoms with E-state index in [9.17, 15) is 0 Å². The van der Waals surface area contributed by atoms with Crippen molar-refractivity contribution in [3.8, 4) is 11.5 Å². The number of hydrogen-bond donors (Lipinski definition) is 2. The van der Waals surface area contributed by atoms with Gasteiger partial charge in [0.1, 0.15) is 0 Å². The number of nitrogens with one attached hydrogen (secondary N) is 2. The first-order valence-electron chi connectivity index (χ1n) is 8.27. The summed E-state index contributed by atoms with van der Waals surface area (Å²) < 4.78 is 13.2. The molecule has 3 rings (SSSR count). The van der Waals surface area contributed by atoms with Gasteiger partial charge in [-0.1, -0.05) is 0 Å². The van der Waals surface area contributed by atoms with Crippen LogP contribution in [0.5, 0.6) is 11.5 Å². The van der Waals surface area contributed by atoms with E-state index in [-0.39, 0.29) is 24.0 Å². The van der Waals surface area contributed by atoms with Crippen LogP contribution in [0.15, 0.2) is 41.7 Å². The molecule has 0 radical (unpaired) electrons. The van der Waals surface area contributed by atoms with E-state index in [1.165, 1.54) is 0 Å². The van der Waals surface area contributed by atoms with Crippen LogP contribution in [0.2, 0.25) is 0 Å². The third-order valence-electron chi connectivity index (χ3n) is 3.51. The molecule has 0 saturated carbocycles. The third-order valence-corrected chi connectivity index (χ3v) is 3.51. The highest BCUT2D eigenvalue weighted by atomic mass is 127. The van der Waals surface area contributed by atoms with Gasteiger partial charge in [0.2, 0.25) is 0 Å². The van der Waals surface area contributed by atoms with Crippen LogP contribution in [0.3, 0.4) is 0 Å². The topological polar surface area (TPSA) is 72.7 Å². The number of hydrogen-bond acceptors (Lipinski definition) is 4. The average molecular weight is 457 g/mol. The van der Waals surface area contributed by atoms with Gasteiger partial charge < -0.3 is 20.1 Å². The number of aromatic nitrogens is 2. The summed E-state index contributed by atoms with van der Waals surface area (Å²) in [5.41, 5.74) is 0.915. The van der Waals surface area contributed by atoms with Crippen LogP contribution in [0, 0.1) is 0 Å². The number of anilines is 1. The van der Waals surface area contributed by atoms with Crippen molar-refractivity contribution >= 4 is 35.6 Å². The first kappa shape index (κ1) is 19.4. The Morgan fingerprint density at radius 1 is 1.28 bits per heavy atom. The quantitative estimate of drug-likeness (QED) is 0.411. The molecule has 2 aromatic rings. The van der Waals surface area contributed by atoms with E-state index in [0.29, 0.717) is 19.8 Å². The Bertz CT molecular complexity index is 676. The molecule has 1 aliphatic heterocycles. The summed E-state index contributed by atoms with van der Waals surface area (Å²) in [5.74, 6) is 2.29. The molecule has 1 aromatic heterocycles. The smallest absolute Gasteiger partial charge is 0.195 e. The van der Waals surface area contributed by atoms with Crippen LogP contribution in [0.25, 0.3) is 0 Å². The van der Waals surface area contributed by atoms with Gasteiger partial charge in [-0.2, -0.15) is 5.10 Å². The predicted molar refractivity (Wildman–Crippen MR) is 109 cm³/mol. The molecule has 7 nitrogen and oxygen atoms in total. The number of guanidine groups is 1. The molecule has 0 fully saturated rings. The molecule has 0 amide bonds. The highest BCUT2D eigenvalue weighted by molar-refractivity contribution is 14.0. The van der Waals surface area contributed by atoms with Crippen LogP contribution in [0.1, 0.15) is 13.3 Å². The van der Waals surface area contributed by atoms with E-state index in [1.807, 2.05) is 42.1 Å². The SMILES string of the molecule is CCNC(=NCCn1cccn1)Nc1ccc2c(c1)OCCCO2.I. The maximum atomic E-state index is 5.72. The van der Waals surface area contributed by atoms with Crippen molar-refractivity contribution in [1.29, 1.82) is 0 Å². The van der Waals surface area contributed by atoms with Crippen LogP contribution >= 0.6 is 24.0 Å². The number of fused-ring (bicyclic) bond motifs is 1. The fourth-order valence-corrected chi connectivity index (χ4v) is 2.38. The van der Waals surface area contributed by atoms with Crippen molar-refractivity contribution in [2.45, 2.75) is 19.9 Å². The van der Waals surface area contributed by atoms with E-state index < -0.39 is 0 Å². The molecule has 8 heteroatoms. The second-order valence-corrected chi connectivity index (χ2v) is 5.37. The largest absolute Gasteiger partial charge is 0.490 e. The molecule has 1 aromatic carbocycles. The molecule has 0 unspecified atom stereocenters. The van der Waals surface area contributed by atoms with Crippen molar-refractivity contribution in [2.24, 2.45) is 4.99 Å². The normalized spacial score (nSPS) is 13.6. The van der Waals surface area contributed by atoms with Crippen molar-refractivity contribution in [3.05, 3.63) is 36.7 Å². The molecule has 0 atom stereocenters. The van der Waals surface area contributed by atoms with E-state index in [4.69, 9.17) is 9.47 Å². The van der Waals surface area contributed by atoms with Crippen LogP contribution in [0.4, 0.5) is 5.69 Å². The number of rotatable bonds is 5. The molecular weight excluding hydrogens is 433 g/mol. The standard InChI is InChI=1S/C17H23N5O2.HI/c1-2-18-17(19-8-10-22-9-3-7-20-22)21-14-5-6-15-16(13-14)24-12-4-11-23-15;/h3,5-7,9,13H,2,4,8,10-12H2,1H3,(H2,18,19,21);1H. The minimum Gasteiger partial charge on any atom is -0.490 e. The number of benzene rings is 1. The highest BCUT2D eigenvalue weighted by Crippen LogP contribution is 2.32. The molecule has 0 saturated heterocycles. The van der Waals surface area contributed by atoms with Crippen LogP contribution < -0.4 is 20.1 Å². The lowest BCUT2D eigenvalue weighted by atomic mass is 10.3. The molecular formula is C17H24IN5O2. The monoisotopic (exact) mass is 457 g/mol. The number of halogens is 1.